The van der Waals surface area contributed by atoms with E-state index < -0.39 is 0 Å². The fraction of sp³-hybridized carbons (Fsp3) is 0.500. The van der Waals surface area contributed by atoms with Gasteiger partial charge in [0.05, 0.1) is 0 Å². The van der Waals surface area contributed by atoms with Crippen molar-refractivity contribution in [3.05, 3.63) is 35.6 Å². The Morgan fingerprint density at radius 2 is 2.17 bits per heavy atom. The molecular formula is C14H19FN2O. The molecule has 1 aliphatic heterocycles. The van der Waals surface area contributed by atoms with E-state index in [4.69, 9.17) is 0 Å². The Hall–Kier alpha value is -1.42. The number of amides is 1. The zero-order valence-corrected chi connectivity index (χ0v) is 10.7. The number of carbonyl (C=O) groups excluding carboxylic acids is 1. The van der Waals surface area contributed by atoms with Crippen LogP contribution in [0.2, 0.25) is 0 Å². The molecule has 0 bridgehead atoms. The van der Waals surface area contributed by atoms with Gasteiger partial charge in [-0.05, 0) is 57.1 Å². The van der Waals surface area contributed by atoms with Gasteiger partial charge in [-0.1, -0.05) is 0 Å². The van der Waals surface area contributed by atoms with E-state index in [0.717, 1.165) is 32.4 Å². The van der Waals surface area contributed by atoms with Crippen LogP contribution in [0.3, 0.4) is 0 Å². The lowest BCUT2D eigenvalue weighted by atomic mass is 10.1. The number of halogens is 1. The lowest BCUT2D eigenvalue weighted by Gasteiger charge is -2.24. The number of nitrogens with zero attached hydrogens (tertiary/aromatic N) is 1. The molecule has 0 radical (unpaired) electrons. The molecule has 98 valence electrons. The highest BCUT2D eigenvalue weighted by atomic mass is 19.1. The van der Waals surface area contributed by atoms with Crippen molar-refractivity contribution in [2.45, 2.75) is 25.3 Å². The first-order valence-electron chi connectivity index (χ1n) is 6.43. The van der Waals surface area contributed by atoms with E-state index in [1.807, 2.05) is 11.9 Å². The van der Waals surface area contributed by atoms with Crippen molar-refractivity contribution in [1.29, 1.82) is 0 Å². The number of carbonyl (C=O) groups is 1. The Labute approximate surface area is 107 Å². The monoisotopic (exact) mass is 250 g/mol. The smallest absolute Gasteiger partial charge is 0.254 e. The summed E-state index contributed by atoms with van der Waals surface area (Å²) in [5.74, 6) is -0.284. The van der Waals surface area contributed by atoms with E-state index in [9.17, 15) is 9.18 Å². The summed E-state index contributed by atoms with van der Waals surface area (Å²) in [6.45, 7) is 1.72. The molecule has 0 spiro atoms. The molecule has 2 rings (SSSR count). The standard InChI is InChI=1S/C14H19FN2O/c1-16-9-8-13-3-2-10-17(13)14(18)11-4-6-12(15)7-5-11/h4-7,13,16H,2-3,8-10H2,1H3. The van der Waals surface area contributed by atoms with Crippen LogP contribution in [0.15, 0.2) is 24.3 Å². The number of hydrogen-bond donors (Lipinski definition) is 1. The van der Waals surface area contributed by atoms with Crippen molar-refractivity contribution < 1.29 is 9.18 Å². The van der Waals surface area contributed by atoms with E-state index in [1.54, 1.807) is 12.1 Å². The van der Waals surface area contributed by atoms with Crippen LogP contribution in [0, 0.1) is 5.82 Å². The minimum atomic E-state index is -0.306. The molecule has 3 nitrogen and oxygen atoms in total. The van der Waals surface area contributed by atoms with Crippen molar-refractivity contribution in [2.75, 3.05) is 20.1 Å². The van der Waals surface area contributed by atoms with Crippen LogP contribution < -0.4 is 5.32 Å². The van der Waals surface area contributed by atoms with Gasteiger partial charge >= 0.3 is 0 Å². The number of likely N-dealkylation sites (tertiary alicyclic amines) is 1. The first-order valence-corrected chi connectivity index (χ1v) is 6.43. The fourth-order valence-electron chi connectivity index (χ4n) is 2.47. The maximum atomic E-state index is 12.8. The molecule has 1 N–H and O–H groups in total. The molecule has 0 aliphatic carbocycles. The summed E-state index contributed by atoms with van der Waals surface area (Å²) in [5, 5.41) is 3.11. The predicted molar refractivity (Wildman–Crippen MR) is 69.0 cm³/mol. The summed E-state index contributed by atoms with van der Waals surface area (Å²) in [6, 6.07) is 6.11. The lowest BCUT2D eigenvalue weighted by molar-refractivity contribution is 0.0731. The van der Waals surface area contributed by atoms with E-state index in [1.165, 1.54) is 12.1 Å². The molecule has 1 unspecified atom stereocenters. The van der Waals surface area contributed by atoms with Crippen LogP contribution in [-0.4, -0.2) is 37.0 Å². The largest absolute Gasteiger partial charge is 0.336 e. The second-order valence-corrected chi connectivity index (χ2v) is 4.69. The van der Waals surface area contributed by atoms with Gasteiger partial charge in [0.25, 0.3) is 5.91 Å². The minimum absolute atomic E-state index is 0.0219. The Morgan fingerprint density at radius 1 is 1.44 bits per heavy atom. The highest BCUT2D eigenvalue weighted by Gasteiger charge is 2.28. The lowest BCUT2D eigenvalue weighted by Crippen LogP contribution is -2.37. The first kappa shape index (κ1) is 13.0. The summed E-state index contributed by atoms with van der Waals surface area (Å²) >= 11 is 0. The molecule has 1 heterocycles. The molecule has 1 atom stereocenters. The maximum absolute atomic E-state index is 12.8. The van der Waals surface area contributed by atoms with Gasteiger partial charge < -0.3 is 10.2 Å². The Kier molecular flexibility index (Phi) is 4.31. The van der Waals surface area contributed by atoms with Gasteiger partial charge in [-0.3, -0.25) is 4.79 Å². The summed E-state index contributed by atoms with van der Waals surface area (Å²) in [5.41, 5.74) is 0.577. The summed E-state index contributed by atoms with van der Waals surface area (Å²) in [7, 11) is 1.92. The zero-order chi connectivity index (χ0) is 13.0. The van der Waals surface area contributed by atoms with Crippen LogP contribution in [0.1, 0.15) is 29.6 Å². The van der Waals surface area contributed by atoms with Gasteiger partial charge in [0.1, 0.15) is 5.82 Å². The van der Waals surface area contributed by atoms with E-state index in [2.05, 4.69) is 5.32 Å². The van der Waals surface area contributed by atoms with Crippen molar-refractivity contribution in [2.24, 2.45) is 0 Å². The van der Waals surface area contributed by atoms with E-state index in [-0.39, 0.29) is 11.7 Å². The fourth-order valence-corrected chi connectivity index (χ4v) is 2.47. The molecule has 18 heavy (non-hydrogen) atoms. The van der Waals surface area contributed by atoms with Crippen molar-refractivity contribution in [1.82, 2.24) is 10.2 Å². The Bertz CT molecular complexity index is 405. The summed E-state index contributed by atoms with van der Waals surface area (Å²) in [4.78, 5) is 14.2. The normalized spacial score (nSPS) is 19.2. The first-order chi connectivity index (χ1) is 8.72. The zero-order valence-electron chi connectivity index (χ0n) is 10.7. The summed E-state index contributed by atoms with van der Waals surface area (Å²) < 4.78 is 12.8. The van der Waals surface area contributed by atoms with Gasteiger partial charge in [0.15, 0.2) is 0 Å². The molecule has 1 saturated heterocycles. The second-order valence-electron chi connectivity index (χ2n) is 4.69. The topological polar surface area (TPSA) is 32.3 Å². The molecule has 0 aromatic heterocycles. The number of benzene rings is 1. The average molecular weight is 250 g/mol. The molecule has 1 amide bonds. The third kappa shape index (κ3) is 2.88. The number of hydrogen-bond acceptors (Lipinski definition) is 2. The van der Waals surface area contributed by atoms with E-state index >= 15 is 0 Å². The van der Waals surface area contributed by atoms with Crippen molar-refractivity contribution >= 4 is 5.91 Å². The molecule has 1 aliphatic rings. The predicted octanol–water partition coefficient (Wildman–Crippen LogP) is 2.04. The number of rotatable bonds is 4. The van der Waals surface area contributed by atoms with Crippen LogP contribution in [0.25, 0.3) is 0 Å². The average Bonchev–Trinajstić information content (AvgIpc) is 2.84. The molecule has 1 aromatic carbocycles. The van der Waals surface area contributed by atoms with Crippen LogP contribution in [-0.2, 0) is 0 Å². The van der Waals surface area contributed by atoms with Gasteiger partial charge in [-0.2, -0.15) is 0 Å². The SMILES string of the molecule is CNCCC1CCCN1C(=O)c1ccc(F)cc1. The molecular weight excluding hydrogens is 231 g/mol. The van der Waals surface area contributed by atoms with Gasteiger partial charge in [-0.25, -0.2) is 4.39 Å². The molecule has 1 fully saturated rings. The van der Waals surface area contributed by atoms with Gasteiger partial charge in [0, 0.05) is 18.2 Å². The van der Waals surface area contributed by atoms with Crippen molar-refractivity contribution in [3.8, 4) is 0 Å². The Morgan fingerprint density at radius 3 is 2.83 bits per heavy atom. The van der Waals surface area contributed by atoms with Crippen LogP contribution in [0.4, 0.5) is 4.39 Å². The minimum Gasteiger partial charge on any atom is -0.336 e. The third-order valence-electron chi connectivity index (χ3n) is 3.46. The maximum Gasteiger partial charge on any atom is 0.254 e. The summed E-state index contributed by atoms with van der Waals surface area (Å²) in [6.07, 6.45) is 3.10. The van der Waals surface area contributed by atoms with Gasteiger partial charge in [0.2, 0.25) is 0 Å². The Balaban J connectivity index is 2.05. The van der Waals surface area contributed by atoms with Crippen LogP contribution in [0.5, 0.6) is 0 Å². The highest BCUT2D eigenvalue weighted by molar-refractivity contribution is 5.94. The van der Waals surface area contributed by atoms with Gasteiger partial charge in [-0.15, -0.1) is 0 Å². The quantitative estimate of drug-likeness (QED) is 0.887. The second kappa shape index (κ2) is 5.96. The highest BCUT2D eigenvalue weighted by Crippen LogP contribution is 2.22. The molecule has 4 heteroatoms. The molecule has 1 aromatic rings. The van der Waals surface area contributed by atoms with E-state index in [0.29, 0.717) is 11.6 Å². The molecule has 0 saturated carbocycles. The van der Waals surface area contributed by atoms with Crippen LogP contribution >= 0.6 is 0 Å². The number of nitrogens with one attached hydrogen (secondary N) is 1. The third-order valence-corrected chi connectivity index (χ3v) is 3.46. The van der Waals surface area contributed by atoms with Crippen molar-refractivity contribution in [3.63, 3.8) is 0 Å².